The first-order valence-electron chi connectivity index (χ1n) is 43.2. The van der Waals surface area contributed by atoms with Crippen LogP contribution in [-0.2, 0) is 31.2 Å². The zero-order valence-corrected chi connectivity index (χ0v) is 75.4. The Morgan fingerprint density at radius 1 is 0.476 bits per heavy atom. The number of aliphatic hydroxyl groups excluding tert-OH is 4. The van der Waals surface area contributed by atoms with E-state index in [-0.39, 0.29) is 141 Å². The fraction of sp³-hybridized carbons (Fsp3) is 0.0490. The Hall–Kier alpha value is -20.9. The van der Waals surface area contributed by atoms with Gasteiger partial charge in [-0.1, -0.05) is 140 Å². The maximum absolute atomic E-state index is 13.3. The Bertz CT molecular complexity index is 8420. The third-order valence-electron chi connectivity index (χ3n) is 21.7. The van der Waals surface area contributed by atoms with Gasteiger partial charge in [0.05, 0.1) is 96.9 Å². The average molecular weight is 1930 g/mol. The molecule has 13 aromatic carbocycles. The molecule has 43 heteroatoms. The molecule has 19 aromatic rings. The van der Waals surface area contributed by atoms with E-state index < -0.39 is 47.0 Å². The number of azo groups is 4. The van der Waals surface area contributed by atoms with Crippen LogP contribution in [-0.4, -0.2) is 149 Å². The number of para-hydroxylation sites is 2. The van der Waals surface area contributed by atoms with Crippen LogP contribution in [0, 0.1) is 17.9 Å². The summed E-state index contributed by atoms with van der Waals surface area (Å²) >= 11 is 0. The highest BCUT2D eigenvalue weighted by Gasteiger charge is 2.27. The number of amides is 5. The number of methoxy groups -OCH3 is 1. The number of phenolic OH excluding ortho intramolecular Hbond substituents is 4. The number of nitrogens with two attached hydrogens (primary N) is 1. The van der Waals surface area contributed by atoms with Crippen molar-refractivity contribution in [2.24, 2.45) is 46.6 Å². The Kier molecular flexibility index (Phi) is 29.8. The number of nitrogens with zero attached hydrogens (tertiary/aromatic N) is 20. The summed E-state index contributed by atoms with van der Waals surface area (Å²) in [5.41, 5.74) is 11.3. The lowest BCUT2D eigenvalue weighted by molar-refractivity contribution is 0.0600. The molecule has 16 N–H and O–H groups in total. The van der Waals surface area contributed by atoms with Crippen LogP contribution in [0.3, 0.4) is 0 Å². The number of esters is 1. The summed E-state index contributed by atoms with van der Waals surface area (Å²) in [6, 6.07) is 71.0. The van der Waals surface area contributed by atoms with E-state index >= 15 is 0 Å². The minimum atomic E-state index is -0.885. The molecule has 0 bridgehead atoms. The van der Waals surface area contributed by atoms with E-state index in [0.29, 0.717) is 100 Å². The maximum Gasteiger partial charge on any atom is 0.337 e. The highest BCUT2D eigenvalue weighted by Crippen LogP contribution is 2.46. The lowest BCUT2D eigenvalue weighted by atomic mass is 10.0. The van der Waals surface area contributed by atoms with Crippen molar-refractivity contribution in [1.82, 2.24) is 59.4 Å². The van der Waals surface area contributed by atoms with Crippen LogP contribution in [0.1, 0.15) is 101 Å². The Labute approximate surface area is 817 Å². The summed E-state index contributed by atoms with van der Waals surface area (Å²) in [4.78, 5) is 118. The van der Waals surface area contributed by atoms with Crippen molar-refractivity contribution in [3.05, 3.63) is 364 Å². The summed E-state index contributed by atoms with van der Waals surface area (Å²) in [5.74, 6) is -4.65. The SMILES string of the molecule is N#Cc1nc(N=Nc2c(O)c(C(=O)Nc3ccc(CO)cc3)cc3ccccc23)[nH]c1C(N)=O.O=C(Nc1ccc(CO)cc1)c1cc2ccccc2c(N=Nc2nc3ccccc3n2-c2ncccn2)c1O.O=Cc1cn[nH]c1N=Nc1c(O)c(C(=O)Nc2ccc(CO)cc2)cc2ccccc12.[C-]#[N+]c1cnn(-c2ncccn2)c1N=Nc1c(O)c(C(=O)Nc2ccc(CO)cc2)cc2cc(C(=O)OC)ccc12. The molecule has 0 saturated heterocycles. The third-order valence-corrected chi connectivity index (χ3v) is 21.7. The van der Waals surface area contributed by atoms with Gasteiger partial charge in [0.2, 0.25) is 11.9 Å². The minimum Gasteiger partial charge on any atom is -0.505 e. The van der Waals surface area contributed by atoms with Gasteiger partial charge in [0.15, 0.2) is 46.6 Å². The summed E-state index contributed by atoms with van der Waals surface area (Å²) in [6.07, 6.45) is 9.42. The Morgan fingerprint density at radius 3 is 1.30 bits per heavy atom. The molecule has 0 spiro atoms. The van der Waals surface area contributed by atoms with E-state index in [1.54, 1.807) is 205 Å². The minimum absolute atomic E-state index is 0.00348. The number of benzene rings is 13. The molecule has 0 atom stereocenters. The zero-order chi connectivity index (χ0) is 102. The number of aldehydes is 1. The van der Waals surface area contributed by atoms with E-state index in [0.717, 1.165) is 11.1 Å². The second-order valence-corrected chi connectivity index (χ2v) is 30.9. The summed E-state index contributed by atoms with van der Waals surface area (Å²) in [6.45, 7) is 7.01. The van der Waals surface area contributed by atoms with E-state index in [9.17, 15) is 64.2 Å². The van der Waals surface area contributed by atoms with Crippen molar-refractivity contribution in [2.45, 2.75) is 26.4 Å². The number of aromatic hydroxyl groups is 4. The van der Waals surface area contributed by atoms with Crippen LogP contribution < -0.4 is 27.0 Å². The second-order valence-electron chi connectivity index (χ2n) is 30.9. The first-order valence-corrected chi connectivity index (χ1v) is 43.2. The normalized spacial score (nSPS) is 11.1. The summed E-state index contributed by atoms with van der Waals surface area (Å²) in [7, 11) is 1.25. The summed E-state index contributed by atoms with van der Waals surface area (Å²) in [5, 5.41) is 149. The molecular formula is C102H75N27O16. The molecule has 145 heavy (non-hydrogen) atoms. The number of hydrogen-bond donors (Lipinski definition) is 15. The third kappa shape index (κ3) is 21.9. The largest absolute Gasteiger partial charge is 0.505 e. The van der Waals surface area contributed by atoms with E-state index in [1.165, 1.54) is 60.8 Å². The number of H-pyrrole nitrogens is 2. The molecule has 0 aliphatic heterocycles. The monoisotopic (exact) mass is 1930 g/mol. The lowest BCUT2D eigenvalue weighted by Crippen LogP contribution is -2.12. The number of carbonyl (C=O) groups excluding carboxylic acids is 7. The van der Waals surface area contributed by atoms with E-state index in [1.807, 2.05) is 42.5 Å². The molecule has 43 nitrogen and oxygen atoms in total. The molecule has 6 heterocycles. The molecule has 0 aliphatic carbocycles. The second kappa shape index (κ2) is 44.5. The number of anilines is 4. The van der Waals surface area contributed by atoms with Gasteiger partial charge in [-0.2, -0.15) is 25.1 Å². The van der Waals surface area contributed by atoms with Crippen LogP contribution >= 0.6 is 0 Å². The van der Waals surface area contributed by atoms with Gasteiger partial charge in [-0.25, -0.2) is 39.1 Å². The van der Waals surface area contributed by atoms with E-state index in [2.05, 4.69) is 117 Å². The fourth-order valence-electron chi connectivity index (χ4n) is 14.5. The number of imidazole rings is 2. The predicted molar refractivity (Wildman–Crippen MR) is 530 cm³/mol. The van der Waals surface area contributed by atoms with Gasteiger partial charge >= 0.3 is 5.97 Å². The van der Waals surface area contributed by atoms with Crippen molar-refractivity contribution in [2.75, 3.05) is 28.4 Å². The number of nitrogens with one attached hydrogen (secondary N) is 6. The first-order chi connectivity index (χ1) is 70.6. The number of rotatable bonds is 25. The summed E-state index contributed by atoms with van der Waals surface area (Å²) < 4.78 is 7.71. The van der Waals surface area contributed by atoms with Gasteiger partial charge in [0.25, 0.3) is 47.1 Å². The molecule has 19 rings (SSSR count). The molecule has 0 radical (unpaired) electrons. The van der Waals surface area contributed by atoms with Crippen LogP contribution in [0.15, 0.2) is 327 Å². The molecule has 0 unspecified atom stereocenters. The van der Waals surface area contributed by atoms with Crippen LogP contribution in [0.4, 0.5) is 74.7 Å². The average Bonchev–Trinajstić information content (AvgIpc) is 1.39. The van der Waals surface area contributed by atoms with Crippen molar-refractivity contribution in [3.63, 3.8) is 0 Å². The standard InChI is InChI=1S/C29H21N7O3.C28H20N8O5.C23H17N7O4.C22H17N5O4/c37-17-18-10-12-20(13-11-18)32-27(39)22-16-19-6-1-2-7-21(19)25(26(22)38)34-35-29-33-23-8-3-4-9-24(23)36(29)28-30-14-5-15-31-28;1-29-22-14-32-36(28-30-10-3-11-31-28)25(22)35-34-23-20-9-6-17(27(40)41-2)12-18(20)13-21(24(23)38)26(39)33-19-7-4-16(15-37)5-8-19;24-10-17-19(21(25)33)28-23(27-17)30-29-18-15-4-2-1-3-13(15)9-16(20(18)32)22(34)26-14-7-5-12(11-31)6-8-14;28-11-13-5-7-16(8-6-13)24-22(31)18-9-14-3-1-2-4-17(14)19(20(18)30)25-27-21-15(12-29)10-23-26-21/h1-16,37-38H,17H2,(H,32,39);3-14,37-38H,15H2,2H3,(H,33,39);1-9,31-32H,11H2,(H2,25,33)(H,26,34)(H,27,28);1-10,12,28,30H,11H2,(H,23,26)(H,24,31). The van der Waals surface area contributed by atoms with Gasteiger partial charge in [0, 0.05) is 69.1 Å². The van der Waals surface area contributed by atoms with Crippen molar-refractivity contribution < 1.29 is 79.2 Å². The number of ether oxygens (including phenoxy) is 1. The first kappa shape index (κ1) is 97.2. The van der Waals surface area contributed by atoms with Gasteiger partial charge in [-0.15, -0.1) is 40.9 Å². The van der Waals surface area contributed by atoms with Crippen molar-refractivity contribution >= 4 is 171 Å². The number of fused-ring (bicyclic) bond motifs is 5. The van der Waals surface area contributed by atoms with Crippen molar-refractivity contribution in [1.29, 1.82) is 5.26 Å². The quantitative estimate of drug-likeness (QED) is 0.0109. The highest BCUT2D eigenvalue weighted by atomic mass is 16.5. The van der Waals surface area contributed by atoms with Crippen LogP contribution in [0.25, 0.3) is 70.9 Å². The van der Waals surface area contributed by atoms with Gasteiger partial charge in [-0.3, -0.25) is 33.9 Å². The molecule has 714 valence electrons. The number of phenols is 4. The molecule has 6 aromatic heterocycles. The number of aromatic amines is 2. The topological polar surface area (TPSA) is 636 Å². The van der Waals surface area contributed by atoms with Crippen molar-refractivity contribution in [3.8, 4) is 41.0 Å². The molecular weight excluding hydrogens is 1860 g/mol. The van der Waals surface area contributed by atoms with Crippen LogP contribution in [0.5, 0.6) is 23.0 Å². The number of primary amides is 1. The Balaban J connectivity index is 0.000000139. The number of aliphatic hydroxyl groups is 4. The Morgan fingerprint density at radius 2 is 0.883 bits per heavy atom. The molecule has 0 fully saturated rings. The molecule has 5 amide bonds. The van der Waals surface area contributed by atoms with E-state index in [4.69, 9.17) is 32.5 Å². The predicted octanol–water partition coefficient (Wildman–Crippen LogP) is 18.5. The fourth-order valence-corrected chi connectivity index (χ4v) is 14.5. The number of aromatic nitrogens is 12. The van der Waals surface area contributed by atoms with Crippen LogP contribution in [0.2, 0.25) is 0 Å². The zero-order valence-electron chi connectivity index (χ0n) is 75.4. The van der Waals surface area contributed by atoms with Gasteiger partial charge < -0.3 is 77.6 Å². The number of nitriles is 1. The lowest BCUT2D eigenvalue weighted by Gasteiger charge is -2.12. The molecule has 0 saturated carbocycles. The molecule has 0 aliphatic rings. The van der Waals surface area contributed by atoms with Gasteiger partial charge in [0.1, 0.15) is 34.5 Å². The maximum atomic E-state index is 13.3. The highest BCUT2D eigenvalue weighted by molar-refractivity contribution is 6.16. The smallest absolute Gasteiger partial charge is 0.337 e. The number of carbonyl (C=O) groups is 7. The number of hydrogen-bond acceptors (Lipinski definition) is 33. The van der Waals surface area contributed by atoms with Gasteiger partial charge in [-0.05, 0) is 153 Å².